The van der Waals surface area contributed by atoms with Gasteiger partial charge in [0.25, 0.3) is 0 Å². The van der Waals surface area contributed by atoms with Crippen LogP contribution in [0.2, 0.25) is 0 Å². The van der Waals surface area contributed by atoms with Crippen LogP contribution in [0.1, 0.15) is 32.6 Å². The average molecular weight is 158 g/mol. The lowest BCUT2D eigenvalue weighted by Crippen LogP contribution is -2.11. The molecular formula is C9H18O2. The van der Waals surface area contributed by atoms with Crippen molar-refractivity contribution < 1.29 is 9.47 Å². The summed E-state index contributed by atoms with van der Waals surface area (Å²) in [7, 11) is 1.78. The molecule has 1 fully saturated rings. The Morgan fingerprint density at radius 1 is 1.27 bits per heavy atom. The fourth-order valence-corrected chi connectivity index (χ4v) is 1.55. The van der Waals surface area contributed by atoms with Crippen molar-refractivity contribution in [2.45, 2.75) is 44.8 Å². The quantitative estimate of drug-likeness (QED) is 0.623. The van der Waals surface area contributed by atoms with Crippen LogP contribution in [0.5, 0.6) is 0 Å². The predicted molar refractivity (Wildman–Crippen MR) is 44.7 cm³/mol. The number of hydrogen-bond acceptors (Lipinski definition) is 2. The van der Waals surface area contributed by atoms with E-state index in [4.69, 9.17) is 9.47 Å². The molecule has 1 saturated carbocycles. The van der Waals surface area contributed by atoms with Crippen molar-refractivity contribution in [2.75, 3.05) is 13.7 Å². The van der Waals surface area contributed by atoms with E-state index in [0.717, 1.165) is 19.4 Å². The molecule has 66 valence electrons. The summed E-state index contributed by atoms with van der Waals surface area (Å²) >= 11 is 0. The highest BCUT2D eigenvalue weighted by Gasteiger charge is 2.24. The SMILES string of the molecule is CCCOC1CCC(OC)C1. The van der Waals surface area contributed by atoms with Crippen molar-refractivity contribution in [3.63, 3.8) is 0 Å². The minimum atomic E-state index is 0.455. The van der Waals surface area contributed by atoms with Crippen molar-refractivity contribution in [2.24, 2.45) is 0 Å². The van der Waals surface area contributed by atoms with Crippen molar-refractivity contribution >= 4 is 0 Å². The third-order valence-electron chi connectivity index (χ3n) is 2.23. The third kappa shape index (κ3) is 2.80. The van der Waals surface area contributed by atoms with E-state index >= 15 is 0 Å². The summed E-state index contributed by atoms with van der Waals surface area (Å²) in [6.07, 6.45) is 5.49. The van der Waals surface area contributed by atoms with Gasteiger partial charge in [-0.3, -0.25) is 0 Å². The van der Waals surface area contributed by atoms with Crippen molar-refractivity contribution in [3.8, 4) is 0 Å². The first-order valence-corrected chi connectivity index (χ1v) is 4.51. The smallest absolute Gasteiger partial charge is 0.0600 e. The van der Waals surface area contributed by atoms with Crippen LogP contribution >= 0.6 is 0 Å². The molecule has 1 aliphatic rings. The molecule has 2 atom stereocenters. The Labute approximate surface area is 68.9 Å². The topological polar surface area (TPSA) is 18.5 Å². The highest BCUT2D eigenvalue weighted by molar-refractivity contribution is 4.75. The molecule has 0 amide bonds. The normalized spacial score (nSPS) is 31.1. The molecule has 1 aliphatic carbocycles. The van der Waals surface area contributed by atoms with Gasteiger partial charge in [0.05, 0.1) is 12.2 Å². The van der Waals surface area contributed by atoms with E-state index in [2.05, 4.69) is 6.92 Å². The molecule has 0 bridgehead atoms. The molecule has 0 aromatic rings. The Morgan fingerprint density at radius 2 is 2.00 bits per heavy atom. The van der Waals surface area contributed by atoms with E-state index in [9.17, 15) is 0 Å². The van der Waals surface area contributed by atoms with E-state index in [1.165, 1.54) is 12.8 Å². The lowest BCUT2D eigenvalue weighted by Gasteiger charge is -2.10. The van der Waals surface area contributed by atoms with Crippen LogP contribution in [0, 0.1) is 0 Å². The fraction of sp³-hybridized carbons (Fsp3) is 1.00. The van der Waals surface area contributed by atoms with Gasteiger partial charge in [0.2, 0.25) is 0 Å². The van der Waals surface area contributed by atoms with Crippen LogP contribution in [0.3, 0.4) is 0 Å². The standard InChI is InChI=1S/C9H18O2/c1-3-6-11-9-5-4-8(7-9)10-2/h8-9H,3-7H2,1-2H3. The highest BCUT2D eigenvalue weighted by Crippen LogP contribution is 2.23. The first-order chi connectivity index (χ1) is 5.36. The van der Waals surface area contributed by atoms with E-state index < -0.39 is 0 Å². The van der Waals surface area contributed by atoms with Gasteiger partial charge < -0.3 is 9.47 Å². The van der Waals surface area contributed by atoms with Gasteiger partial charge in [-0.15, -0.1) is 0 Å². The van der Waals surface area contributed by atoms with E-state index in [1.54, 1.807) is 7.11 Å². The Morgan fingerprint density at radius 3 is 2.55 bits per heavy atom. The molecule has 0 aromatic carbocycles. The zero-order chi connectivity index (χ0) is 8.10. The fourth-order valence-electron chi connectivity index (χ4n) is 1.55. The molecule has 2 unspecified atom stereocenters. The largest absolute Gasteiger partial charge is 0.381 e. The molecule has 0 spiro atoms. The summed E-state index contributed by atoms with van der Waals surface area (Å²) in [5.74, 6) is 0. The van der Waals surface area contributed by atoms with Gasteiger partial charge in [-0.05, 0) is 25.7 Å². The van der Waals surface area contributed by atoms with Crippen molar-refractivity contribution in [1.29, 1.82) is 0 Å². The van der Waals surface area contributed by atoms with E-state index in [1.807, 2.05) is 0 Å². The number of rotatable bonds is 4. The van der Waals surface area contributed by atoms with Crippen molar-refractivity contribution in [1.82, 2.24) is 0 Å². The van der Waals surface area contributed by atoms with Crippen molar-refractivity contribution in [3.05, 3.63) is 0 Å². The van der Waals surface area contributed by atoms with Gasteiger partial charge in [0.1, 0.15) is 0 Å². The Bertz CT molecular complexity index is 104. The lowest BCUT2D eigenvalue weighted by molar-refractivity contribution is 0.0387. The maximum atomic E-state index is 5.60. The first kappa shape index (κ1) is 9.01. The number of methoxy groups -OCH3 is 1. The summed E-state index contributed by atoms with van der Waals surface area (Å²) in [6.45, 7) is 3.05. The van der Waals surface area contributed by atoms with E-state index in [0.29, 0.717) is 12.2 Å². The monoisotopic (exact) mass is 158 g/mol. The third-order valence-corrected chi connectivity index (χ3v) is 2.23. The Balaban J connectivity index is 2.09. The highest BCUT2D eigenvalue weighted by atomic mass is 16.5. The number of ether oxygens (including phenoxy) is 2. The molecule has 11 heavy (non-hydrogen) atoms. The minimum absolute atomic E-state index is 0.455. The molecule has 0 saturated heterocycles. The predicted octanol–water partition coefficient (Wildman–Crippen LogP) is 1.98. The number of hydrogen-bond donors (Lipinski definition) is 0. The zero-order valence-corrected chi connectivity index (χ0v) is 7.51. The second kappa shape index (κ2) is 4.73. The van der Waals surface area contributed by atoms with E-state index in [-0.39, 0.29) is 0 Å². The maximum Gasteiger partial charge on any atom is 0.0600 e. The average Bonchev–Trinajstić information content (AvgIpc) is 2.48. The van der Waals surface area contributed by atoms with Crippen LogP contribution in [-0.2, 0) is 9.47 Å². The summed E-state index contributed by atoms with van der Waals surface area (Å²) < 4.78 is 10.8. The van der Waals surface area contributed by atoms with Crippen LogP contribution in [0.15, 0.2) is 0 Å². The summed E-state index contributed by atoms with van der Waals surface area (Å²) in [5, 5.41) is 0. The summed E-state index contributed by atoms with van der Waals surface area (Å²) in [5.41, 5.74) is 0. The van der Waals surface area contributed by atoms with Crippen LogP contribution in [-0.4, -0.2) is 25.9 Å². The van der Waals surface area contributed by atoms with Crippen LogP contribution in [0.25, 0.3) is 0 Å². The minimum Gasteiger partial charge on any atom is -0.381 e. The lowest BCUT2D eigenvalue weighted by atomic mass is 10.3. The van der Waals surface area contributed by atoms with Gasteiger partial charge in [0.15, 0.2) is 0 Å². The van der Waals surface area contributed by atoms with Crippen LogP contribution < -0.4 is 0 Å². The molecule has 2 nitrogen and oxygen atoms in total. The Kier molecular flexibility index (Phi) is 3.87. The molecule has 2 heteroatoms. The molecule has 0 aliphatic heterocycles. The maximum absolute atomic E-state index is 5.60. The van der Waals surface area contributed by atoms with Gasteiger partial charge in [-0.2, -0.15) is 0 Å². The summed E-state index contributed by atoms with van der Waals surface area (Å²) in [6, 6.07) is 0. The van der Waals surface area contributed by atoms with Gasteiger partial charge in [-0.1, -0.05) is 6.92 Å². The Hall–Kier alpha value is -0.0800. The van der Waals surface area contributed by atoms with Gasteiger partial charge in [-0.25, -0.2) is 0 Å². The summed E-state index contributed by atoms with van der Waals surface area (Å²) in [4.78, 5) is 0. The van der Waals surface area contributed by atoms with Gasteiger partial charge in [0, 0.05) is 13.7 Å². The zero-order valence-electron chi connectivity index (χ0n) is 7.51. The first-order valence-electron chi connectivity index (χ1n) is 4.51. The second-order valence-corrected chi connectivity index (χ2v) is 3.16. The molecule has 1 rings (SSSR count). The van der Waals surface area contributed by atoms with Crippen LogP contribution in [0.4, 0.5) is 0 Å². The second-order valence-electron chi connectivity index (χ2n) is 3.16. The molecular weight excluding hydrogens is 140 g/mol. The van der Waals surface area contributed by atoms with Gasteiger partial charge >= 0.3 is 0 Å². The molecule has 0 heterocycles. The molecule has 0 aromatic heterocycles. The molecule has 0 radical (unpaired) electrons. The molecule has 0 N–H and O–H groups in total.